The molecule has 18 heavy (non-hydrogen) atoms. The lowest BCUT2D eigenvalue weighted by Gasteiger charge is -2.36. The van der Waals surface area contributed by atoms with Gasteiger partial charge < -0.3 is 0 Å². The third kappa shape index (κ3) is 1.99. The van der Waals surface area contributed by atoms with E-state index < -0.39 is 0 Å². The molecule has 3 unspecified atom stereocenters. The van der Waals surface area contributed by atoms with Crippen molar-refractivity contribution in [1.82, 2.24) is 4.98 Å². The second kappa shape index (κ2) is 4.85. The van der Waals surface area contributed by atoms with Crippen LogP contribution in [0.4, 0.5) is 0 Å². The van der Waals surface area contributed by atoms with Gasteiger partial charge in [-0.2, -0.15) is 0 Å². The highest BCUT2D eigenvalue weighted by atomic mass is 79.9. The number of fused-ring (bicyclic) bond motifs is 1. The van der Waals surface area contributed by atoms with E-state index in [0.717, 1.165) is 0 Å². The second-order valence-corrected chi connectivity index (χ2v) is 6.05. The third-order valence-electron chi connectivity index (χ3n) is 3.91. The Morgan fingerprint density at radius 3 is 2.67 bits per heavy atom. The maximum absolute atomic E-state index is 4.47. The molecule has 3 rings (SSSR count). The van der Waals surface area contributed by atoms with E-state index >= 15 is 0 Å². The van der Waals surface area contributed by atoms with Crippen molar-refractivity contribution in [2.75, 3.05) is 0 Å². The summed E-state index contributed by atoms with van der Waals surface area (Å²) in [6, 6.07) is 14.9. The zero-order valence-corrected chi connectivity index (χ0v) is 12.0. The third-order valence-corrected chi connectivity index (χ3v) is 5.34. The molecule has 0 amide bonds. The van der Waals surface area contributed by atoms with Crippen LogP contribution in [0.2, 0.25) is 0 Å². The number of benzene rings is 1. The van der Waals surface area contributed by atoms with Gasteiger partial charge in [-0.05, 0) is 29.7 Å². The number of hydrogen-bond acceptors (Lipinski definition) is 1. The van der Waals surface area contributed by atoms with Crippen molar-refractivity contribution in [3.63, 3.8) is 0 Å². The van der Waals surface area contributed by atoms with E-state index in [-0.39, 0.29) is 0 Å². The van der Waals surface area contributed by atoms with Crippen LogP contribution in [0.1, 0.15) is 35.6 Å². The molecule has 2 heteroatoms. The molecule has 1 aliphatic rings. The number of aromatic nitrogens is 1. The van der Waals surface area contributed by atoms with E-state index in [0.29, 0.717) is 16.7 Å². The van der Waals surface area contributed by atoms with Crippen LogP contribution in [0.3, 0.4) is 0 Å². The van der Waals surface area contributed by atoms with E-state index in [2.05, 4.69) is 64.2 Å². The summed E-state index contributed by atoms with van der Waals surface area (Å²) in [5, 5.41) is 0. The first-order valence-electron chi connectivity index (χ1n) is 6.40. The summed E-state index contributed by atoms with van der Waals surface area (Å²) in [4.78, 5) is 4.93. The van der Waals surface area contributed by atoms with Gasteiger partial charge in [0.1, 0.15) is 0 Å². The monoisotopic (exact) mass is 301 g/mol. The lowest BCUT2D eigenvalue weighted by atomic mass is 9.73. The Morgan fingerprint density at radius 2 is 1.94 bits per heavy atom. The standard InChI is InChI=1S/C16H16BrN/c1-11(15-8-4-5-9-18-15)16(17)14-10-12-6-2-3-7-13(12)14/h2-9,11,14,16H,10H2,1H3. The SMILES string of the molecule is CC(c1ccccn1)C(Br)C1Cc2ccccc21. The molecule has 0 spiro atoms. The van der Waals surface area contributed by atoms with Gasteiger partial charge in [-0.1, -0.05) is 53.2 Å². The fraction of sp³-hybridized carbons (Fsp3) is 0.312. The lowest BCUT2D eigenvalue weighted by Crippen LogP contribution is -2.28. The van der Waals surface area contributed by atoms with Crippen LogP contribution in [-0.4, -0.2) is 9.81 Å². The van der Waals surface area contributed by atoms with Crippen molar-refractivity contribution in [1.29, 1.82) is 0 Å². The Hall–Kier alpha value is -1.15. The molecule has 1 heterocycles. The van der Waals surface area contributed by atoms with Gasteiger partial charge in [0.2, 0.25) is 0 Å². The fourth-order valence-corrected chi connectivity index (χ4v) is 3.48. The normalized spacial score (nSPS) is 20.7. The van der Waals surface area contributed by atoms with Gasteiger partial charge in [-0.3, -0.25) is 4.98 Å². The summed E-state index contributed by atoms with van der Waals surface area (Å²) in [5.41, 5.74) is 4.17. The van der Waals surface area contributed by atoms with Crippen molar-refractivity contribution in [2.45, 2.75) is 30.0 Å². The molecule has 0 saturated heterocycles. The first kappa shape index (κ1) is 11.9. The largest absolute Gasteiger partial charge is 0.261 e. The molecular formula is C16H16BrN. The average Bonchev–Trinajstić information content (AvgIpc) is 2.40. The Morgan fingerprint density at radius 1 is 1.17 bits per heavy atom. The number of nitrogens with zero attached hydrogens (tertiary/aromatic N) is 1. The van der Waals surface area contributed by atoms with Gasteiger partial charge in [0, 0.05) is 28.6 Å². The van der Waals surface area contributed by atoms with Gasteiger partial charge in [-0.15, -0.1) is 0 Å². The number of rotatable bonds is 3. The molecule has 0 bridgehead atoms. The number of pyridine rings is 1. The predicted molar refractivity (Wildman–Crippen MR) is 78.3 cm³/mol. The molecule has 1 nitrogen and oxygen atoms in total. The smallest absolute Gasteiger partial charge is 0.0443 e. The summed E-state index contributed by atoms with van der Waals surface area (Å²) < 4.78 is 0. The summed E-state index contributed by atoms with van der Waals surface area (Å²) in [6.45, 7) is 2.25. The molecule has 0 saturated carbocycles. The molecule has 1 aromatic carbocycles. The minimum atomic E-state index is 0.435. The molecular weight excluding hydrogens is 286 g/mol. The molecule has 3 atom stereocenters. The van der Waals surface area contributed by atoms with Gasteiger partial charge in [0.05, 0.1) is 0 Å². The maximum atomic E-state index is 4.47. The van der Waals surface area contributed by atoms with Crippen molar-refractivity contribution in [3.05, 3.63) is 65.5 Å². The summed E-state index contributed by atoms with van der Waals surface area (Å²) in [5.74, 6) is 1.06. The van der Waals surface area contributed by atoms with E-state index in [1.54, 1.807) is 0 Å². The highest BCUT2D eigenvalue weighted by Gasteiger charge is 2.34. The van der Waals surface area contributed by atoms with Gasteiger partial charge in [-0.25, -0.2) is 0 Å². The molecule has 2 aromatic rings. The quantitative estimate of drug-likeness (QED) is 0.771. The van der Waals surface area contributed by atoms with Gasteiger partial charge in [0.25, 0.3) is 0 Å². The molecule has 0 N–H and O–H groups in total. The van der Waals surface area contributed by atoms with Crippen LogP contribution >= 0.6 is 15.9 Å². The summed E-state index contributed by atoms with van der Waals surface area (Å²) in [7, 11) is 0. The zero-order chi connectivity index (χ0) is 12.5. The molecule has 92 valence electrons. The molecule has 0 radical (unpaired) electrons. The van der Waals surface area contributed by atoms with Crippen LogP contribution in [0.15, 0.2) is 48.7 Å². The molecule has 0 fully saturated rings. The summed E-state index contributed by atoms with van der Waals surface area (Å²) in [6.07, 6.45) is 3.06. The van der Waals surface area contributed by atoms with Crippen molar-refractivity contribution in [3.8, 4) is 0 Å². The highest BCUT2D eigenvalue weighted by Crippen LogP contribution is 2.44. The van der Waals surface area contributed by atoms with Crippen molar-refractivity contribution >= 4 is 15.9 Å². The van der Waals surface area contributed by atoms with Crippen molar-refractivity contribution in [2.24, 2.45) is 0 Å². The van der Waals surface area contributed by atoms with E-state index in [9.17, 15) is 0 Å². The van der Waals surface area contributed by atoms with E-state index in [1.807, 2.05) is 12.3 Å². The van der Waals surface area contributed by atoms with Crippen LogP contribution in [0.5, 0.6) is 0 Å². The first-order chi connectivity index (χ1) is 8.77. The zero-order valence-electron chi connectivity index (χ0n) is 10.4. The Kier molecular flexibility index (Phi) is 3.21. The molecule has 1 aromatic heterocycles. The van der Waals surface area contributed by atoms with Gasteiger partial charge >= 0.3 is 0 Å². The first-order valence-corrected chi connectivity index (χ1v) is 7.31. The van der Waals surface area contributed by atoms with Crippen LogP contribution in [0.25, 0.3) is 0 Å². The fourth-order valence-electron chi connectivity index (χ4n) is 2.74. The average molecular weight is 302 g/mol. The topological polar surface area (TPSA) is 12.9 Å². The van der Waals surface area contributed by atoms with E-state index in [1.165, 1.54) is 23.2 Å². The molecule has 0 aliphatic heterocycles. The lowest BCUT2D eigenvalue weighted by molar-refractivity contribution is 0.526. The second-order valence-electron chi connectivity index (χ2n) is 5.00. The Bertz CT molecular complexity index is 536. The number of halogens is 1. The minimum absolute atomic E-state index is 0.435. The number of hydrogen-bond donors (Lipinski definition) is 0. The Balaban J connectivity index is 1.79. The maximum Gasteiger partial charge on any atom is 0.0443 e. The van der Waals surface area contributed by atoms with Gasteiger partial charge in [0.15, 0.2) is 0 Å². The van der Waals surface area contributed by atoms with Crippen molar-refractivity contribution < 1.29 is 0 Å². The minimum Gasteiger partial charge on any atom is -0.261 e. The summed E-state index contributed by atoms with van der Waals surface area (Å²) >= 11 is 3.89. The number of alkyl halides is 1. The van der Waals surface area contributed by atoms with Crippen LogP contribution < -0.4 is 0 Å². The predicted octanol–water partition coefficient (Wildman–Crippen LogP) is 4.29. The highest BCUT2D eigenvalue weighted by molar-refractivity contribution is 9.09. The van der Waals surface area contributed by atoms with Crippen LogP contribution in [0, 0.1) is 0 Å². The molecule has 1 aliphatic carbocycles. The van der Waals surface area contributed by atoms with E-state index in [4.69, 9.17) is 0 Å². The Labute approximate surface area is 116 Å². The van der Waals surface area contributed by atoms with Crippen LogP contribution in [-0.2, 0) is 6.42 Å².